The second-order valence-electron chi connectivity index (χ2n) is 7.74. The van der Waals surface area contributed by atoms with Gasteiger partial charge in [0, 0.05) is 31.5 Å². The van der Waals surface area contributed by atoms with Crippen LogP contribution in [0, 0.1) is 0 Å². The molecule has 5 nitrogen and oxygen atoms in total. The highest BCUT2D eigenvalue weighted by Crippen LogP contribution is 2.33. The van der Waals surface area contributed by atoms with Crippen molar-refractivity contribution >= 4 is 18.1 Å². The zero-order valence-corrected chi connectivity index (χ0v) is 16.2. The molecule has 2 amide bonds. The molecular weight excluding hydrogens is 328 g/mol. The molecule has 2 rings (SSSR count). The van der Waals surface area contributed by atoms with Gasteiger partial charge in [-0.2, -0.15) is 0 Å². The van der Waals surface area contributed by atoms with Gasteiger partial charge in [-0.05, 0) is 38.3 Å². The fourth-order valence-electron chi connectivity index (χ4n) is 3.48. The van der Waals surface area contributed by atoms with Crippen LogP contribution in [-0.2, 0) is 9.53 Å². The van der Waals surface area contributed by atoms with Gasteiger partial charge in [-0.3, -0.25) is 4.79 Å². The van der Waals surface area contributed by atoms with Gasteiger partial charge in [0.15, 0.2) is 0 Å². The molecule has 0 radical (unpaired) electrons. The standard InChI is InChI=1S/C21H30N2O3/c1-6-16-9-7-8-10-17(16)15(2)18-11-12-19(24)23(18)14-13-22-20(25)26-21(3,4)5/h6-10,15,18H,1,11-14H2,2-5H3,(H,22,25)/t15?,18-/m0/s1. The van der Waals surface area contributed by atoms with Crippen LogP contribution in [0.15, 0.2) is 30.8 Å². The molecule has 1 fully saturated rings. The van der Waals surface area contributed by atoms with Gasteiger partial charge in [0.2, 0.25) is 5.91 Å². The molecule has 1 unspecified atom stereocenters. The minimum atomic E-state index is -0.529. The molecule has 0 bridgehead atoms. The van der Waals surface area contributed by atoms with Crippen LogP contribution in [-0.4, -0.2) is 41.6 Å². The first kappa shape index (κ1) is 20.0. The lowest BCUT2D eigenvalue weighted by atomic mass is 9.88. The normalized spacial score (nSPS) is 18.5. The Bertz CT molecular complexity index is 663. The molecule has 1 heterocycles. The molecule has 2 atom stereocenters. The fourth-order valence-corrected chi connectivity index (χ4v) is 3.48. The predicted octanol–water partition coefficient (Wildman–Crippen LogP) is 3.95. The second kappa shape index (κ2) is 8.39. The van der Waals surface area contributed by atoms with Crippen LogP contribution >= 0.6 is 0 Å². The highest BCUT2D eigenvalue weighted by atomic mass is 16.6. The molecule has 5 heteroatoms. The number of alkyl carbamates (subject to hydrolysis) is 1. The number of nitrogens with zero attached hydrogens (tertiary/aromatic N) is 1. The maximum absolute atomic E-state index is 12.3. The number of carbonyl (C=O) groups excluding carboxylic acids is 2. The zero-order valence-electron chi connectivity index (χ0n) is 16.2. The maximum atomic E-state index is 12.3. The van der Waals surface area contributed by atoms with E-state index in [-0.39, 0.29) is 17.9 Å². The van der Waals surface area contributed by atoms with Crippen LogP contribution in [0.25, 0.3) is 6.08 Å². The summed E-state index contributed by atoms with van der Waals surface area (Å²) in [6.07, 6.45) is 2.79. The van der Waals surface area contributed by atoms with Gasteiger partial charge in [0.1, 0.15) is 5.60 Å². The number of carbonyl (C=O) groups is 2. The number of amides is 2. The Balaban J connectivity index is 2.00. The van der Waals surface area contributed by atoms with E-state index in [0.717, 1.165) is 12.0 Å². The largest absolute Gasteiger partial charge is 0.444 e. The molecule has 0 aliphatic carbocycles. The number of rotatable bonds is 6. The highest BCUT2D eigenvalue weighted by molar-refractivity contribution is 5.79. The number of hydrogen-bond acceptors (Lipinski definition) is 3. The van der Waals surface area contributed by atoms with Crippen LogP contribution in [0.2, 0.25) is 0 Å². The summed E-state index contributed by atoms with van der Waals surface area (Å²) >= 11 is 0. The van der Waals surface area contributed by atoms with E-state index in [0.29, 0.717) is 19.5 Å². The zero-order chi connectivity index (χ0) is 19.3. The van der Waals surface area contributed by atoms with E-state index < -0.39 is 11.7 Å². The first-order chi connectivity index (χ1) is 12.2. The van der Waals surface area contributed by atoms with Gasteiger partial charge in [0.25, 0.3) is 0 Å². The Morgan fingerprint density at radius 2 is 2.12 bits per heavy atom. The molecule has 1 aliphatic heterocycles. The molecule has 1 aromatic carbocycles. The molecule has 0 aromatic heterocycles. The van der Waals surface area contributed by atoms with Crippen molar-refractivity contribution in [3.8, 4) is 0 Å². The third-order valence-electron chi connectivity index (χ3n) is 4.68. The van der Waals surface area contributed by atoms with Crippen molar-refractivity contribution in [2.45, 2.75) is 58.1 Å². The predicted molar refractivity (Wildman–Crippen MR) is 104 cm³/mol. The Labute approximate surface area is 156 Å². The third kappa shape index (κ3) is 5.10. The summed E-state index contributed by atoms with van der Waals surface area (Å²) < 4.78 is 5.24. The molecule has 0 saturated carbocycles. The number of benzene rings is 1. The highest BCUT2D eigenvalue weighted by Gasteiger charge is 2.35. The Morgan fingerprint density at radius 3 is 2.77 bits per heavy atom. The molecular formula is C21H30N2O3. The Kier molecular flexibility index (Phi) is 6.46. The number of likely N-dealkylation sites (tertiary alicyclic amines) is 1. The fraction of sp³-hybridized carbons (Fsp3) is 0.524. The minimum absolute atomic E-state index is 0.129. The summed E-state index contributed by atoms with van der Waals surface area (Å²) in [5.74, 6) is 0.348. The lowest BCUT2D eigenvalue weighted by Crippen LogP contribution is -2.42. The van der Waals surface area contributed by atoms with Gasteiger partial charge in [0.05, 0.1) is 0 Å². The van der Waals surface area contributed by atoms with Crippen LogP contribution < -0.4 is 5.32 Å². The van der Waals surface area contributed by atoms with E-state index in [1.807, 2.05) is 49.9 Å². The van der Waals surface area contributed by atoms with E-state index in [1.165, 1.54) is 5.56 Å². The number of nitrogens with one attached hydrogen (secondary N) is 1. The summed E-state index contributed by atoms with van der Waals surface area (Å²) in [5, 5.41) is 2.74. The molecule has 1 saturated heterocycles. The van der Waals surface area contributed by atoms with Gasteiger partial charge in [-0.25, -0.2) is 4.79 Å². The van der Waals surface area contributed by atoms with Crippen LogP contribution in [0.3, 0.4) is 0 Å². The molecule has 0 spiro atoms. The number of ether oxygens (including phenoxy) is 1. The topological polar surface area (TPSA) is 58.6 Å². The van der Waals surface area contributed by atoms with E-state index in [9.17, 15) is 9.59 Å². The second-order valence-corrected chi connectivity index (χ2v) is 7.74. The lowest BCUT2D eigenvalue weighted by molar-refractivity contribution is -0.129. The molecule has 142 valence electrons. The van der Waals surface area contributed by atoms with Gasteiger partial charge >= 0.3 is 6.09 Å². The van der Waals surface area contributed by atoms with Crippen LogP contribution in [0.4, 0.5) is 4.79 Å². The van der Waals surface area contributed by atoms with Crippen molar-refractivity contribution in [2.75, 3.05) is 13.1 Å². The smallest absolute Gasteiger partial charge is 0.407 e. The van der Waals surface area contributed by atoms with Crippen molar-refractivity contribution in [3.05, 3.63) is 42.0 Å². The summed E-state index contributed by atoms with van der Waals surface area (Å²) in [5.41, 5.74) is 1.78. The first-order valence-corrected chi connectivity index (χ1v) is 9.20. The lowest BCUT2D eigenvalue weighted by Gasteiger charge is -2.31. The van der Waals surface area contributed by atoms with E-state index >= 15 is 0 Å². The first-order valence-electron chi connectivity index (χ1n) is 9.20. The summed E-state index contributed by atoms with van der Waals surface area (Å²) in [4.78, 5) is 26.0. The van der Waals surface area contributed by atoms with Crippen molar-refractivity contribution in [2.24, 2.45) is 0 Å². The summed E-state index contributed by atoms with van der Waals surface area (Å²) in [6.45, 7) is 12.4. The van der Waals surface area contributed by atoms with E-state index in [1.54, 1.807) is 0 Å². The van der Waals surface area contributed by atoms with Gasteiger partial charge < -0.3 is 15.0 Å². The van der Waals surface area contributed by atoms with Crippen LogP contribution in [0.5, 0.6) is 0 Å². The Morgan fingerprint density at radius 1 is 1.42 bits per heavy atom. The quantitative estimate of drug-likeness (QED) is 0.838. The summed E-state index contributed by atoms with van der Waals surface area (Å²) in [6, 6.07) is 8.29. The number of hydrogen-bond donors (Lipinski definition) is 1. The van der Waals surface area contributed by atoms with Crippen molar-refractivity contribution in [1.29, 1.82) is 0 Å². The third-order valence-corrected chi connectivity index (χ3v) is 4.68. The van der Waals surface area contributed by atoms with Gasteiger partial charge in [-0.1, -0.05) is 43.8 Å². The van der Waals surface area contributed by atoms with Gasteiger partial charge in [-0.15, -0.1) is 0 Å². The SMILES string of the molecule is C=Cc1ccccc1C(C)[C@@H]1CCC(=O)N1CCNC(=O)OC(C)(C)C. The molecule has 1 aromatic rings. The molecule has 1 N–H and O–H groups in total. The van der Waals surface area contributed by atoms with Crippen molar-refractivity contribution in [3.63, 3.8) is 0 Å². The Hall–Kier alpha value is -2.30. The minimum Gasteiger partial charge on any atom is -0.444 e. The monoisotopic (exact) mass is 358 g/mol. The van der Waals surface area contributed by atoms with Crippen LogP contribution in [0.1, 0.15) is 57.6 Å². The molecule has 1 aliphatic rings. The van der Waals surface area contributed by atoms with Crippen molar-refractivity contribution in [1.82, 2.24) is 10.2 Å². The van der Waals surface area contributed by atoms with E-state index in [4.69, 9.17) is 4.74 Å². The molecule has 26 heavy (non-hydrogen) atoms. The maximum Gasteiger partial charge on any atom is 0.407 e. The van der Waals surface area contributed by atoms with E-state index in [2.05, 4.69) is 24.9 Å². The van der Waals surface area contributed by atoms with Crippen molar-refractivity contribution < 1.29 is 14.3 Å². The summed E-state index contributed by atoms with van der Waals surface area (Å²) in [7, 11) is 0. The average molecular weight is 358 g/mol. The average Bonchev–Trinajstić information content (AvgIpc) is 2.93.